The number of aryl methyl sites for hydroxylation is 1. The second kappa shape index (κ2) is 4.42. The summed E-state index contributed by atoms with van der Waals surface area (Å²) in [5.41, 5.74) is 0. The second-order valence-corrected chi connectivity index (χ2v) is 4.00. The highest BCUT2D eigenvalue weighted by atomic mass is 16.1. The second-order valence-electron chi connectivity index (χ2n) is 4.00. The first kappa shape index (κ1) is 10.1. The van der Waals surface area contributed by atoms with E-state index in [1.165, 1.54) is 19.8 Å². The van der Waals surface area contributed by atoms with Gasteiger partial charge in [-0.15, -0.1) is 0 Å². The lowest BCUT2D eigenvalue weighted by molar-refractivity contribution is -0.118. The smallest absolute Gasteiger partial charge is 0.216 e. The van der Waals surface area contributed by atoms with E-state index in [-0.39, 0.29) is 5.91 Å². The Morgan fingerprint density at radius 3 is 3.07 bits per heavy atom. The third-order valence-corrected chi connectivity index (χ3v) is 2.46. The van der Waals surface area contributed by atoms with Crippen molar-refractivity contribution in [2.45, 2.75) is 38.5 Å². The van der Waals surface area contributed by atoms with Crippen LogP contribution in [0.4, 0.5) is 0 Å². The summed E-state index contributed by atoms with van der Waals surface area (Å²) in [7, 11) is 0. The zero-order valence-electron chi connectivity index (χ0n) is 8.92. The molecule has 15 heavy (non-hydrogen) atoms. The Morgan fingerprint density at radius 2 is 2.40 bits per heavy atom. The van der Waals surface area contributed by atoms with Gasteiger partial charge in [0.2, 0.25) is 5.91 Å². The Hall–Kier alpha value is -1.39. The average Bonchev–Trinajstić information content (AvgIpc) is 2.94. The monoisotopic (exact) mass is 208 g/mol. The fourth-order valence-corrected chi connectivity index (χ4v) is 1.47. The average molecular weight is 208 g/mol. The van der Waals surface area contributed by atoms with Gasteiger partial charge in [0.15, 0.2) is 5.82 Å². The molecule has 0 unspecified atom stereocenters. The van der Waals surface area contributed by atoms with Crippen LogP contribution in [0.25, 0.3) is 0 Å². The van der Waals surface area contributed by atoms with Crippen molar-refractivity contribution in [3.8, 4) is 0 Å². The standard InChI is InChI=1S/C10H16N4O/c1-7(15)11-6-2-3-9-12-10(14-13-9)8-4-5-8/h8H,2-6H2,1H3,(H,11,15)(H,12,13,14). The highest BCUT2D eigenvalue weighted by Gasteiger charge is 2.27. The van der Waals surface area contributed by atoms with Gasteiger partial charge in [0.25, 0.3) is 0 Å². The number of rotatable bonds is 5. The van der Waals surface area contributed by atoms with Gasteiger partial charge in [-0.3, -0.25) is 9.89 Å². The predicted octanol–water partition coefficient (Wildman–Crippen LogP) is 0.751. The highest BCUT2D eigenvalue weighted by Crippen LogP contribution is 2.37. The minimum Gasteiger partial charge on any atom is -0.356 e. The maximum Gasteiger partial charge on any atom is 0.216 e. The lowest BCUT2D eigenvalue weighted by atomic mass is 10.3. The number of aromatic nitrogens is 3. The topological polar surface area (TPSA) is 70.7 Å². The summed E-state index contributed by atoms with van der Waals surface area (Å²) in [4.78, 5) is 15.0. The van der Waals surface area contributed by atoms with Crippen LogP contribution >= 0.6 is 0 Å². The molecule has 1 fully saturated rings. The molecule has 0 saturated heterocycles. The molecule has 1 aliphatic carbocycles. The quantitative estimate of drug-likeness (QED) is 0.701. The van der Waals surface area contributed by atoms with Crippen molar-refractivity contribution in [3.63, 3.8) is 0 Å². The van der Waals surface area contributed by atoms with Gasteiger partial charge in [0.05, 0.1) is 0 Å². The van der Waals surface area contributed by atoms with E-state index in [2.05, 4.69) is 20.5 Å². The van der Waals surface area contributed by atoms with E-state index in [0.29, 0.717) is 12.5 Å². The number of nitrogens with zero attached hydrogens (tertiary/aromatic N) is 2. The lowest BCUT2D eigenvalue weighted by Crippen LogP contribution is -2.21. The molecule has 1 amide bonds. The van der Waals surface area contributed by atoms with Crippen LogP contribution in [0.2, 0.25) is 0 Å². The number of carbonyl (C=O) groups is 1. The minimum absolute atomic E-state index is 0.0197. The maximum absolute atomic E-state index is 10.6. The van der Waals surface area contributed by atoms with E-state index in [0.717, 1.165) is 24.5 Å². The summed E-state index contributed by atoms with van der Waals surface area (Å²) in [6.07, 6.45) is 4.20. The van der Waals surface area contributed by atoms with Gasteiger partial charge in [-0.2, -0.15) is 5.10 Å². The predicted molar refractivity (Wildman–Crippen MR) is 55.4 cm³/mol. The number of H-pyrrole nitrogens is 1. The van der Waals surface area contributed by atoms with Gasteiger partial charge in [-0.1, -0.05) is 0 Å². The van der Waals surface area contributed by atoms with E-state index in [1.807, 2.05) is 0 Å². The molecule has 82 valence electrons. The van der Waals surface area contributed by atoms with E-state index < -0.39 is 0 Å². The Balaban J connectivity index is 1.71. The first-order chi connectivity index (χ1) is 7.25. The molecule has 1 aromatic heterocycles. The molecule has 2 N–H and O–H groups in total. The van der Waals surface area contributed by atoms with E-state index in [9.17, 15) is 4.79 Å². The number of carbonyl (C=O) groups excluding carboxylic acids is 1. The summed E-state index contributed by atoms with van der Waals surface area (Å²) in [5.74, 6) is 2.52. The van der Waals surface area contributed by atoms with Crippen molar-refractivity contribution in [1.29, 1.82) is 0 Å². The Labute approximate surface area is 88.7 Å². The Morgan fingerprint density at radius 1 is 1.60 bits per heavy atom. The SMILES string of the molecule is CC(=O)NCCCc1nc(C2CC2)n[nH]1. The molecule has 0 atom stereocenters. The van der Waals surface area contributed by atoms with Crippen LogP contribution in [0.1, 0.15) is 43.8 Å². The van der Waals surface area contributed by atoms with Crippen molar-refractivity contribution >= 4 is 5.91 Å². The van der Waals surface area contributed by atoms with Crippen LogP contribution in [0.5, 0.6) is 0 Å². The molecule has 1 heterocycles. The summed E-state index contributed by atoms with van der Waals surface area (Å²) in [6, 6.07) is 0. The van der Waals surface area contributed by atoms with Crippen molar-refractivity contribution in [3.05, 3.63) is 11.6 Å². The van der Waals surface area contributed by atoms with E-state index >= 15 is 0 Å². The molecule has 0 spiro atoms. The number of amides is 1. The zero-order valence-corrected chi connectivity index (χ0v) is 8.92. The summed E-state index contributed by atoms with van der Waals surface area (Å²) < 4.78 is 0. The number of aromatic amines is 1. The molecule has 1 aromatic rings. The molecular weight excluding hydrogens is 192 g/mol. The van der Waals surface area contributed by atoms with Crippen LogP contribution in [0.15, 0.2) is 0 Å². The molecule has 0 bridgehead atoms. The normalized spacial score (nSPS) is 15.3. The third kappa shape index (κ3) is 3.04. The van der Waals surface area contributed by atoms with Crippen LogP contribution in [0.3, 0.4) is 0 Å². The van der Waals surface area contributed by atoms with E-state index in [1.54, 1.807) is 0 Å². The first-order valence-electron chi connectivity index (χ1n) is 5.41. The molecule has 0 aromatic carbocycles. The number of hydrogen-bond donors (Lipinski definition) is 2. The summed E-state index contributed by atoms with van der Waals surface area (Å²) in [6.45, 7) is 2.23. The third-order valence-electron chi connectivity index (χ3n) is 2.46. The first-order valence-corrected chi connectivity index (χ1v) is 5.41. The molecule has 0 radical (unpaired) electrons. The van der Waals surface area contributed by atoms with Crippen molar-refractivity contribution < 1.29 is 4.79 Å². The van der Waals surface area contributed by atoms with Gasteiger partial charge in [0.1, 0.15) is 5.82 Å². The van der Waals surface area contributed by atoms with Crippen molar-refractivity contribution in [2.24, 2.45) is 0 Å². The van der Waals surface area contributed by atoms with Gasteiger partial charge < -0.3 is 5.32 Å². The highest BCUT2D eigenvalue weighted by molar-refractivity contribution is 5.72. The van der Waals surface area contributed by atoms with Crippen molar-refractivity contribution in [1.82, 2.24) is 20.5 Å². The molecule has 2 rings (SSSR count). The summed E-state index contributed by atoms with van der Waals surface area (Å²) >= 11 is 0. The maximum atomic E-state index is 10.6. The molecule has 1 aliphatic rings. The lowest BCUT2D eigenvalue weighted by Gasteiger charge is -1.98. The Kier molecular flexibility index (Phi) is 2.99. The minimum atomic E-state index is 0.0197. The molecule has 1 saturated carbocycles. The largest absolute Gasteiger partial charge is 0.356 e. The summed E-state index contributed by atoms with van der Waals surface area (Å²) in [5, 5.41) is 9.87. The van der Waals surface area contributed by atoms with Crippen molar-refractivity contribution in [2.75, 3.05) is 6.54 Å². The Bertz CT molecular complexity index is 343. The van der Waals surface area contributed by atoms with E-state index in [4.69, 9.17) is 0 Å². The molecule has 0 aliphatic heterocycles. The van der Waals surface area contributed by atoms with Gasteiger partial charge in [0, 0.05) is 25.8 Å². The van der Waals surface area contributed by atoms with Gasteiger partial charge in [-0.05, 0) is 19.3 Å². The van der Waals surface area contributed by atoms with Crippen LogP contribution < -0.4 is 5.32 Å². The molecule has 5 nitrogen and oxygen atoms in total. The molecular formula is C10H16N4O. The van der Waals surface area contributed by atoms with Gasteiger partial charge >= 0.3 is 0 Å². The zero-order chi connectivity index (χ0) is 10.7. The fourth-order valence-electron chi connectivity index (χ4n) is 1.47. The van der Waals surface area contributed by atoms with Gasteiger partial charge in [-0.25, -0.2) is 4.98 Å². The van der Waals surface area contributed by atoms with Crippen LogP contribution in [-0.2, 0) is 11.2 Å². The number of hydrogen-bond acceptors (Lipinski definition) is 3. The fraction of sp³-hybridized carbons (Fsp3) is 0.700. The number of nitrogens with one attached hydrogen (secondary N) is 2. The van der Waals surface area contributed by atoms with Crippen LogP contribution in [0, 0.1) is 0 Å². The molecule has 5 heteroatoms. The van der Waals surface area contributed by atoms with Crippen LogP contribution in [-0.4, -0.2) is 27.6 Å².